The van der Waals surface area contributed by atoms with Gasteiger partial charge in [0.1, 0.15) is 11.6 Å². The number of aromatic nitrogens is 1. The predicted molar refractivity (Wildman–Crippen MR) is 51.3 cm³/mol. The molecule has 0 aliphatic heterocycles. The zero-order valence-corrected chi connectivity index (χ0v) is 7.75. The van der Waals surface area contributed by atoms with E-state index in [1.807, 2.05) is 6.07 Å². The number of nitrogens with one attached hydrogen (secondary N) is 1. The molecule has 1 aromatic carbocycles. The second-order valence-electron chi connectivity index (χ2n) is 2.48. The van der Waals surface area contributed by atoms with Gasteiger partial charge < -0.3 is 0 Å². The third-order valence-electron chi connectivity index (χ3n) is 1.63. The molecule has 0 bridgehead atoms. The van der Waals surface area contributed by atoms with Crippen molar-refractivity contribution in [1.82, 2.24) is 9.90 Å². The van der Waals surface area contributed by atoms with Crippen LogP contribution in [0.25, 0.3) is 10.2 Å². The average Bonchev–Trinajstić information content (AvgIpc) is 2.60. The maximum atomic E-state index is 8.64. The van der Waals surface area contributed by atoms with Crippen molar-refractivity contribution in [2.75, 3.05) is 0 Å². The van der Waals surface area contributed by atoms with Gasteiger partial charge in [-0.25, -0.2) is 4.98 Å². The summed E-state index contributed by atoms with van der Waals surface area (Å²) >= 11 is 1.30. The lowest BCUT2D eigenvalue weighted by molar-refractivity contribution is 0.993. The Morgan fingerprint density at radius 3 is 3.14 bits per heavy atom. The largest absolute Gasteiger partial charge is 0.226 e. The molecule has 0 fully saturated rings. The van der Waals surface area contributed by atoms with Crippen LogP contribution in [0.2, 0.25) is 0 Å². The normalized spacial score (nSPS) is 9.36. The molecule has 2 aromatic rings. The van der Waals surface area contributed by atoms with Crippen LogP contribution in [0.4, 0.5) is 5.69 Å². The van der Waals surface area contributed by atoms with Crippen LogP contribution in [-0.2, 0) is 0 Å². The average molecular weight is 202 g/mol. The van der Waals surface area contributed by atoms with Crippen LogP contribution in [0.3, 0.4) is 0 Å². The molecule has 0 aliphatic rings. The Hall–Kier alpha value is -2.09. The number of nitriles is 1. The van der Waals surface area contributed by atoms with Crippen molar-refractivity contribution in [3.05, 3.63) is 23.2 Å². The van der Waals surface area contributed by atoms with E-state index in [0.717, 1.165) is 10.2 Å². The van der Waals surface area contributed by atoms with Crippen molar-refractivity contribution < 1.29 is 0 Å². The number of thiazole rings is 1. The molecule has 0 radical (unpaired) electrons. The highest BCUT2D eigenvalue weighted by Crippen LogP contribution is 2.25. The SMILES string of the molecule is N#Cc1nc2ccc(N=[N+]=N)cc2s1. The van der Waals surface area contributed by atoms with Gasteiger partial charge in [0, 0.05) is 0 Å². The Bertz CT molecular complexity index is 573. The zero-order chi connectivity index (χ0) is 9.97. The Balaban J connectivity index is 2.66. The first-order valence-electron chi connectivity index (χ1n) is 3.71. The van der Waals surface area contributed by atoms with Crippen molar-refractivity contribution in [2.24, 2.45) is 5.11 Å². The van der Waals surface area contributed by atoms with Gasteiger partial charge in [0.25, 0.3) is 0 Å². The molecule has 66 valence electrons. The summed E-state index contributed by atoms with van der Waals surface area (Å²) < 4.78 is 0.881. The van der Waals surface area contributed by atoms with Gasteiger partial charge in [0.2, 0.25) is 4.91 Å². The molecule has 5 nitrogen and oxygen atoms in total. The van der Waals surface area contributed by atoms with E-state index in [9.17, 15) is 0 Å². The Labute approximate surface area is 82.9 Å². The van der Waals surface area contributed by atoms with Crippen LogP contribution in [0.15, 0.2) is 23.3 Å². The van der Waals surface area contributed by atoms with E-state index in [1.165, 1.54) is 11.3 Å². The first-order chi connectivity index (χ1) is 6.83. The lowest BCUT2D eigenvalue weighted by Crippen LogP contribution is -1.69. The maximum absolute atomic E-state index is 8.64. The smallest absolute Gasteiger partial charge is 0.220 e. The summed E-state index contributed by atoms with van der Waals surface area (Å²) in [6.07, 6.45) is 0. The van der Waals surface area contributed by atoms with E-state index in [4.69, 9.17) is 10.8 Å². The van der Waals surface area contributed by atoms with Gasteiger partial charge in [0.15, 0.2) is 15.8 Å². The zero-order valence-electron chi connectivity index (χ0n) is 6.93. The third kappa shape index (κ3) is 1.38. The van der Waals surface area contributed by atoms with E-state index in [2.05, 4.69) is 15.0 Å². The number of benzene rings is 1. The van der Waals surface area contributed by atoms with Crippen LogP contribution in [0.1, 0.15) is 5.01 Å². The lowest BCUT2D eigenvalue weighted by atomic mass is 10.3. The minimum atomic E-state index is 0.431. The Morgan fingerprint density at radius 1 is 1.57 bits per heavy atom. The van der Waals surface area contributed by atoms with Crippen LogP contribution in [-0.4, -0.2) is 4.98 Å². The molecular weight excluding hydrogens is 198 g/mol. The standard InChI is InChI=1S/C8H4N5S/c9-4-8-11-6-2-1-5(12-13-10)3-7(6)14-8/h1-3,10H/q+1. The van der Waals surface area contributed by atoms with Gasteiger partial charge in [-0.2, -0.15) is 5.26 Å². The van der Waals surface area contributed by atoms with E-state index in [0.29, 0.717) is 10.7 Å². The number of nitrogens with zero attached hydrogens (tertiary/aromatic N) is 4. The summed E-state index contributed by atoms with van der Waals surface area (Å²) in [6.45, 7) is 0. The summed E-state index contributed by atoms with van der Waals surface area (Å²) in [5.74, 6) is 0. The highest BCUT2D eigenvalue weighted by Gasteiger charge is 2.04. The Morgan fingerprint density at radius 2 is 2.43 bits per heavy atom. The van der Waals surface area contributed by atoms with Gasteiger partial charge in [-0.15, -0.1) is 11.3 Å². The molecule has 0 saturated heterocycles. The number of fused-ring (bicyclic) bond motifs is 1. The van der Waals surface area contributed by atoms with Crippen molar-refractivity contribution in [2.45, 2.75) is 0 Å². The molecule has 0 spiro atoms. The molecule has 0 aliphatic carbocycles. The van der Waals surface area contributed by atoms with Gasteiger partial charge in [-0.3, -0.25) is 0 Å². The monoisotopic (exact) mass is 202 g/mol. The summed E-state index contributed by atoms with van der Waals surface area (Å²) in [6, 6.07) is 7.21. The highest BCUT2D eigenvalue weighted by molar-refractivity contribution is 7.19. The van der Waals surface area contributed by atoms with Gasteiger partial charge in [0.05, 0.1) is 10.2 Å². The summed E-state index contributed by atoms with van der Waals surface area (Å²) in [4.78, 5) is 7.00. The quantitative estimate of drug-likeness (QED) is 0.568. The molecule has 1 aromatic heterocycles. The number of hydrogen-bond acceptors (Lipinski definition) is 5. The fourth-order valence-electron chi connectivity index (χ4n) is 1.08. The van der Waals surface area contributed by atoms with E-state index in [1.54, 1.807) is 18.2 Å². The highest BCUT2D eigenvalue weighted by atomic mass is 32.1. The van der Waals surface area contributed by atoms with Gasteiger partial charge in [-0.1, -0.05) is 0 Å². The maximum Gasteiger partial charge on any atom is 0.220 e. The van der Waals surface area contributed by atoms with Gasteiger partial charge in [-0.05, 0) is 18.2 Å². The molecule has 1 N–H and O–H groups in total. The first kappa shape index (κ1) is 8.51. The molecule has 6 heteroatoms. The van der Waals surface area contributed by atoms with E-state index >= 15 is 0 Å². The van der Waals surface area contributed by atoms with Crippen molar-refractivity contribution in [1.29, 1.82) is 10.8 Å². The lowest BCUT2D eigenvalue weighted by Gasteiger charge is -1.84. The summed E-state index contributed by atoms with van der Waals surface area (Å²) in [5.41, 5.74) is 7.95. The summed E-state index contributed by atoms with van der Waals surface area (Å²) in [5, 5.41) is 12.6. The summed E-state index contributed by atoms with van der Waals surface area (Å²) in [7, 11) is 0. The van der Waals surface area contributed by atoms with Crippen LogP contribution < -0.4 is 4.91 Å². The van der Waals surface area contributed by atoms with Gasteiger partial charge >= 0.3 is 0 Å². The first-order valence-corrected chi connectivity index (χ1v) is 4.53. The molecule has 1 heterocycles. The van der Waals surface area contributed by atoms with E-state index in [-0.39, 0.29) is 0 Å². The topological polar surface area (TPSA) is 87.0 Å². The minimum Gasteiger partial charge on any atom is -0.226 e. The van der Waals surface area contributed by atoms with E-state index < -0.39 is 0 Å². The number of rotatable bonds is 1. The van der Waals surface area contributed by atoms with Crippen LogP contribution >= 0.6 is 11.3 Å². The second-order valence-corrected chi connectivity index (χ2v) is 3.51. The predicted octanol–water partition coefficient (Wildman–Crippen LogP) is 2.35. The molecule has 2 rings (SSSR count). The third-order valence-corrected chi connectivity index (χ3v) is 2.56. The fraction of sp³-hybridized carbons (Fsp3) is 0. The molecular formula is C8H4N5S+. The fourth-order valence-corrected chi connectivity index (χ4v) is 1.88. The van der Waals surface area contributed by atoms with Crippen LogP contribution in [0.5, 0.6) is 0 Å². The molecule has 14 heavy (non-hydrogen) atoms. The van der Waals surface area contributed by atoms with Crippen LogP contribution in [0, 0.1) is 16.9 Å². The minimum absolute atomic E-state index is 0.431. The van der Waals surface area contributed by atoms with Crippen molar-refractivity contribution in [3.63, 3.8) is 0 Å². The molecule has 0 saturated carbocycles. The van der Waals surface area contributed by atoms with Crippen molar-refractivity contribution in [3.8, 4) is 6.07 Å². The number of hydrogen-bond donors (Lipinski definition) is 1. The van der Waals surface area contributed by atoms with Crippen molar-refractivity contribution >= 4 is 27.2 Å². The second kappa shape index (κ2) is 3.34. The Kier molecular flexibility index (Phi) is 2.03. The molecule has 0 unspecified atom stereocenters. The molecule has 0 atom stereocenters. The molecule has 0 amide bonds.